The normalized spacial score (nSPS) is 16.2. The first-order valence-electron chi connectivity index (χ1n) is 8.36. The van der Waals surface area contributed by atoms with E-state index in [2.05, 4.69) is 9.62 Å². The van der Waals surface area contributed by atoms with Crippen molar-refractivity contribution >= 4 is 20.8 Å². The lowest BCUT2D eigenvalue weighted by Gasteiger charge is -2.14. The van der Waals surface area contributed by atoms with Gasteiger partial charge in [0.25, 0.3) is 0 Å². The van der Waals surface area contributed by atoms with Crippen molar-refractivity contribution in [2.24, 2.45) is 0 Å². The molecule has 0 aromatic heterocycles. The molecular weight excluding hydrogens is 308 g/mol. The van der Waals surface area contributed by atoms with E-state index in [1.54, 1.807) is 12.1 Å². The second-order valence-electron chi connectivity index (χ2n) is 6.16. The number of sulfonamides is 1. The molecule has 2 aromatic carbocycles. The monoisotopic (exact) mass is 332 g/mol. The molecule has 5 heteroatoms. The predicted octanol–water partition coefficient (Wildman–Crippen LogP) is 2.99. The van der Waals surface area contributed by atoms with E-state index in [-0.39, 0.29) is 0 Å². The van der Waals surface area contributed by atoms with Gasteiger partial charge in [-0.3, -0.25) is 0 Å². The fourth-order valence-electron chi connectivity index (χ4n) is 3.09. The number of unbranched alkanes of at least 4 members (excludes halogenated alkanes) is 1. The van der Waals surface area contributed by atoms with Crippen molar-refractivity contribution in [1.82, 2.24) is 9.62 Å². The SMILES string of the molecule is O=S(=O)(NCCCCN1CCCC1)c1ccc2ccccc2c1. The quantitative estimate of drug-likeness (QED) is 0.793. The zero-order chi connectivity index (χ0) is 16.1. The molecule has 0 unspecified atom stereocenters. The van der Waals surface area contributed by atoms with Crippen LogP contribution in [0.3, 0.4) is 0 Å². The molecule has 1 saturated heterocycles. The lowest BCUT2D eigenvalue weighted by molar-refractivity contribution is 0.330. The third kappa shape index (κ3) is 4.31. The van der Waals surface area contributed by atoms with E-state index < -0.39 is 10.0 Å². The van der Waals surface area contributed by atoms with E-state index >= 15 is 0 Å². The van der Waals surface area contributed by atoms with Gasteiger partial charge in [-0.05, 0) is 68.2 Å². The molecule has 1 aliphatic rings. The molecule has 1 N–H and O–H groups in total. The largest absolute Gasteiger partial charge is 0.303 e. The summed E-state index contributed by atoms with van der Waals surface area (Å²) in [5.41, 5.74) is 0. The second kappa shape index (κ2) is 7.43. The maximum Gasteiger partial charge on any atom is 0.240 e. The van der Waals surface area contributed by atoms with Gasteiger partial charge >= 0.3 is 0 Å². The average Bonchev–Trinajstić information content (AvgIpc) is 3.07. The van der Waals surface area contributed by atoms with E-state index in [0.717, 1.165) is 30.2 Å². The first kappa shape index (κ1) is 16.4. The minimum absolute atomic E-state index is 0.343. The van der Waals surface area contributed by atoms with E-state index in [1.165, 1.54) is 25.9 Å². The van der Waals surface area contributed by atoms with E-state index in [0.29, 0.717) is 11.4 Å². The van der Waals surface area contributed by atoms with Crippen molar-refractivity contribution in [1.29, 1.82) is 0 Å². The summed E-state index contributed by atoms with van der Waals surface area (Å²) in [6.07, 6.45) is 4.52. The molecule has 0 spiro atoms. The van der Waals surface area contributed by atoms with Gasteiger partial charge in [-0.1, -0.05) is 30.3 Å². The van der Waals surface area contributed by atoms with Crippen molar-refractivity contribution in [2.75, 3.05) is 26.2 Å². The molecule has 1 aliphatic heterocycles. The number of fused-ring (bicyclic) bond motifs is 1. The van der Waals surface area contributed by atoms with Crippen molar-refractivity contribution in [3.05, 3.63) is 42.5 Å². The van der Waals surface area contributed by atoms with Gasteiger partial charge in [0, 0.05) is 6.54 Å². The number of nitrogens with one attached hydrogen (secondary N) is 1. The Morgan fingerprint density at radius 3 is 2.48 bits per heavy atom. The maximum atomic E-state index is 12.4. The van der Waals surface area contributed by atoms with Gasteiger partial charge < -0.3 is 4.90 Å². The molecule has 0 bridgehead atoms. The Morgan fingerprint density at radius 1 is 0.957 bits per heavy atom. The topological polar surface area (TPSA) is 49.4 Å². The summed E-state index contributed by atoms with van der Waals surface area (Å²) in [7, 11) is -3.41. The van der Waals surface area contributed by atoms with Crippen LogP contribution in [0.15, 0.2) is 47.4 Å². The number of hydrogen-bond donors (Lipinski definition) is 1. The molecule has 1 fully saturated rings. The van der Waals surface area contributed by atoms with Crippen LogP contribution in [0.2, 0.25) is 0 Å². The van der Waals surface area contributed by atoms with Gasteiger partial charge in [-0.25, -0.2) is 13.1 Å². The first-order chi connectivity index (χ1) is 11.1. The average molecular weight is 332 g/mol. The number of likely N-dealkylation sites (tertiary alicyclic amines) is 1. The summed E-state index contributed by atoms with van der Waals surface area (Å²) < 4.78 is 27.5. The van der Waals surface area contributed by atoms with Crippen molar-refractivity contribution < 1.29 is 8.42 Å². The van der Waals surface area contributed by atoms with Gasteiger partial charge in [0.15, 0.2) is 0 Å². The molecule has 0 saturated carbocycles. The van der Waals surface area contributed by atoms with Crippen molar-refractivity contribution in [3.8, 4) is 0 Å². The molecule has 0 radical (unpaired) electrons. The summed E-state index contributed by atoms with van der Waals surface area (Å²) >= 11 is 0. The second-order valence-corrected chi connectivity index (χ2v) is 7.93. The molecule has 124 valence electrons. The Morgan fingerprint density at radius 2 is 1.70 bits per heavy atom. The Balaban J connectivity index is 1.53. The highest BCUT2D eigenvalue weighted by atomic mass is 32.2. The number of benzene rings is 2. The molecule has 2 aromatic rings. The van der Waals surface area contributed by atoms with Gasteiger partial charge in [-0.2, -0.15) is 0 Å². The summed E-state index contributed by atoms with van der Waals surface area (Å²) in [6.45, 7) is 3.98. The third-order valence-corrected chi connectivity index (χ3v) is 5.88. The fraction of sp³-hybridized carbons (Fsp3) is 0.444. The van der Waals surface area contributed by atoms with Crippen LogP contribution in [0.4, 0.5) is 0 Å². The number of hydrogen-bond acceptors (Lipinski definition) is 3. The smallest absolute Gasteiger partial charge is 0.240 e. The molecule has 0 atom stereocenters. The van der Waals surface area contributed by atoms with Gasteiger partial charge in [0.2, 0.25) is 10.0 Å². The van der Waals surface area contributed by atoms with E-state index in [9.17, 15) is 8.42 Å². The highest BCUT2D eigenvalue weighted by Gasteiger charge is 2.14. The zero-order valence-electron chi connectivity index (χ0n) is 13.4. The molecule has 0 aliphatic carbocycles. The number of nitrogens with zero attached hydrogens (tertiary/aromatic N) is 1. The third-order valence-electron chi connectivity index (χ3n) is 4.42. The van der Waals surface area contributed by atoms with Gasteiger partial charge in [0.1, 0.15) is 0 Å². The molecule has 4 nitrogen and oxygen atoms in total. The summed E-state index contributed by atoms with van der Waals surface area (Å²) in [4.78, 5) is 2.80. The Kier molecular flexibility index (Phi) is 5.30. The molecule has 0 amide bonds. The minimum Gasteiger partial charge on any atom is -0.303 e. The van der Waals surface area contributed by atoms with Crippen LogP contribution < -0.4 is 4.72 Å². The van der Waals surface area contributed by atoms with E-state index in [4.69, 9.17) is 0 Å². The molecule has 23 heavy (non-hydrogen) atoms. The van der Waals surface area contributed by atoms with Gasteiger partial charge in [-0.15, -0.1) is 0 Å². The fourth-order valence-corrected chi connectivity index (χ4v) is 4.20. The summed E-state index contributed by atoms with van der Waals surface area (Å²) in [5, 5.41) is 2.00. The zero-order valence-corrected chi connectivity index (χ0v) is 14.2. The Hall–Kier alpha value is -1.43. The molecule has 1 heterocycles. The lowest BCUT2D eigenvalue weighted by atomic mass is 10.1. The van der Waals surface area contributed by atoms with Crippen LogP contribution in [-0.4, -0.2) is 39.5 Å². The van der Waals surface area contributed by atoms with Crippen LogP contribution in [0.25, 0.3) is 10.8 Å². The van der Waals surface area contributed by atoms with Crippen LogP contribution in [0.5, 0.6) is 0 Å². The maximum absolute atomic E-state index is 12.4. The van der Waals surface area contributed by atoms with Crippen molar-refractivity contribution in [2.45, 2.75) is 30.6 Å². The standard InChI is InChI=1S/C18H24N2O2S/c21-23(22,19-11-3-4-12-20-13-5-6-14-20)18-10-9-16-7-1-2-8-17(16)15-18/h1-2,7-10,15,19H,3-6,11-14H2. The van der Waals surface area contributed by atoms with Gasteiger partial charge in [0.05, 0.1) is 4.90 Å². The summed E-state index contributed by atoms with van der Waals surface area (Å²) in [6, 6.07) is 13.1. The van der Waals surface area contributed by atoms with Crippen LogP contribution in [0, 0.1) is 0 Å². The lowest BCUT2D eigenvalue weighted by Crippen LogP contribution is -2.26. The van der Waals surface area contributed by atoms with Crippen LogP contribution in [0.1, 0.15) is 25.7 Å². The van der Waals surface area contributed by atoms with Crippen molar-refractivity contribution in [3.63, 3.8) is 0 Å². The predicted molar refractivity (Wildman–Crippen MR) is 94.0 cm³/mol. The highest BCUT2D eigenvalue weighted by Crippen LogP contribution is 2.18. The first-order valence-corrected chi connectivity index (χ1v) is 9.84. The highest BCUT2D eigenvalue weighted by molar-refractivity contribution is 7.89. The Bertz CT molecular complexity index is 752. The molecular formula is C18H24N2O2S. The van der Waals surface area contributed by atoms with Crippen LogP contribution >= 0.6 is 0 Å². The van der Waals surface area contributed by atoms with E-state index in [1.807, 2.05) is 30.3 Å². The van der Waals surface area contributed by atoms with Crippen LogP contribution in [-0.2, 0) is 10.0 Å². The minimum atomic E-state index is -3.41. The Labute approximate surface area is 138 Å². The number of rotatable bonds is 7. The molecule has 3 rings (SSSR count). The summed E-state index contributed by atoms with van der Waals surface area (Å²) in [5.74, 6) is 0.